The molecule has 0 atom stereocenters. The first-order valence-electron chi connectivity index (χ1n) is 15.1. The van der Waals surface area contributed by atoms with Crippen molar-refractivity contribution in [3.8, 4) is 0 Å². The highest BCUT2D eigenvalue weighted by Crippen LogP contribution is 2.35. The molecule has 0 spiro atoms. The SMILES string of the molecule is O=C(N[C@H]1CC[C@H](CCN2CCC(c3coc4ccccc34)CC2)CC1)c1ccc(N2CCCCC2)cc1. The number of para-hydroxylation sites is 1. The topological polar surface area (TPSA) is 48.7 Å². The quantitative estimate of drug-likeness (QED) is 0.370. The Morgan fingerprint density at radius 3 is 2.34 bits per heavy atom. The molecule has 202 valence electrons. The van der Waals surface area contributed by atoms with Crippen LogP contribution in [-0.4, -0.2) is 49.6 Å². The van der Waals surface area contributed by atoms with E-state index in [1.807, 2.05) is 24.5 Å². The normalized spacial score (nSPS) is 23.5. The Balaban J connectivity index is 0.901. The third kappa shape index (κ3) is 5.93. The maximum absolute atomic E-state index is 12.9. The van der Waals surface area contributed by atoms with E-state index in [4.69, 9.17) is 4.42 Å². The van der Waals surface area contributed by atoms with Gasteiger partial charge in [-0.25, -0.2) is 0 Å². The lowest BCUT2D eigenvalue weighted by Gasteiger charge is -2.34. The molecule has 5 nitrogen and oxygen atoms in total. The van der Waals surface area contributed by atoms with Gasteiger partial charge in [0.1, 0.15) is 5.58 Å². The summed E-state index contributed by atoms with van der Waals surface area (Å²) >= 11 is 0. The minimum Gasteiger partial charge on any atom is -0.464 e. The van der Waals surface area contributed by atoms with Gasteiger partial charge in [-0.3, -0.25) is 4.79 Å². The van der Waals surface area contributed by atoms with Crippen LogP contribution in [0.4, 0.5) is 5.69 Å². The van der Waals surface area contributed by atoms with Crippen LogP contribution in [0.1, 0.15) is 86.0 Å². The Morgan fingerprint density at radius 2 is 1.58 bits per heavy atom. The van der Waals surface area contributed by atoms with Gasteiger partial charge in [0.2, 0.25) is 0 Å². The summed E-state index contributed by atoms with van der Waals surface area (Å²) in [6.07, 6.45) is 14.3. The summed E-state index contributed by atoms with van der Waals surface area (Å²) in [5.41, 5.74) is 4.46. The smallest absolute Gasteiger partial charge is 0.251 e. The first kappa shape index (κ1) is 25.5. The zero-order valence-corrected chi connectivity index (χ0v) is 22.7. The molecule has 0 bridgehead atoms. The summed E-state index contributed by atoms with van der Waals surface area (Å²) in [5.74, 6) is 1.50. The average Bonchev–Trinajstić information content (AvgIpc) is 3.42. The lowest BCUT2D eigenvalue weighted by Crippen LogP contribution is -2.38. The number of piperidine rings is 2. The van der Waals surface area contributed by atoms with Gasteiger partial charge in [-0.2, -0.15) is 0 Å². The average molecular weight is 514 g/mol. The number of nitrogens with one attached hydrogen (secondary N) is 1. The van der Waals surface area contributed by atoms with Gasteiger partial charge in [0.05, 0.1) is 6.26 Å². The van der Waals surface area contributed by atoms with Gasteiger partial charge >= 0.3 is 0 Å². The molecule has 3 heterocycles. The number of carbonyl (C=O) groups excluding carboxylic acids is 1. The molecular formula is C33H43N3O2. The number of fused-ring (bicyclic) bond motifs is 1. The number of nitrogens with zero attached hydrogens (tertiary/aromatic N) is 2. The second-order valence-electron chi connectivity index (χ2n) is 11.9. The number of anilines is 1. The van der Waals surface area contributed by atoms with Crippen molar-refractivity contribution in [1.29, 1.82) is 0 Å². The molecule has 2 aromatic carbocycles. The van der Waals surface area contributed by atoms with Gasteiger partial charge in [0.25, 0.3) is 5.91 Å². The van der Waals surface area contributed by atoms with Crippen molar-refractivity contribution in [2.24, 2.45) is 5.92 Å². The molecule has 1 aromatic heterocycles. The van der Waals surface area contributed by atoms with Crippen molar-refractivity contribution >= 4 is 22.6 Å². The molecule has 0 radical (unpaired) electrons. The maximum Gasteiger partial charge on any atom is 0.251 e. The summed E-state index contributed by atoms with van der Waals surface area (Å²) in [7, 11) is 0. The predicted molar refractivity (Wildman–Crippen MR) is 155 cm³/mol. The van der Waals surface area contributed by atoms with E-state index in [9.17, 15) is 4.79 Å². The second kappa shape index (κ2) is 11.9. The largest absolute Gasteiger partial charge is 0.464 e. The van der Waals surface area contributed by atoms with Gasteiger partial charge in [-0.1, -0.05) is 18.2 Å². The van der Waals surface area contributed by atoms with E-state index in [0.29, 0.717) is 12.0 Å². The molecule has 3 aromatic rings. The van der Waals surface area contributed by atoms with E-state index in [0.717, 1.165) is 43.0 Å². The summed E-state index contributed by atoms with van der Waals surface area (Å²) < 4.78 is 5.80. The maximum atomic E-state index is 12.9. The first-order chi connectivity index (χ1) is 18.7. The van der Waals surface area contributed by atoms with Crippen LogP contribution in [0.2, 0.25) is 0 Å². The van der Waals surface area contributed by atoms with Crippen LogP contribution in [0.3, 0.4) is 0 Å². The van der Waals surface area contributed by atoms with Crippen molar-refractivity contribution in [3.05, 3.63) is 65.9 Å². The molecule has 1 saturated carbocycles. The van der Waals surface area contributed by atoms with Crippen LogP contribution in [0.25, 0.3) is 11.0 Å². The van der Waals surface area contributed by atoms with Crippen molar-refractivity contribution in [3.63, 3.8) is 0 Å². The molecule has 6 rings (SSSR count). The molecule has 3 aliphatic rings. The van der Waals surface area contributed by atoms with E-state index in [1.54, 1.807) is 0 Å². The van der Waals surface area contributed by atoms with Crippen LogP contribution in [-0.2, 0) is 0 Å². The molecule has 1 amide bonds. The van der Waals surface area contributed by atoms with E-state index >= 15 is 0 Å². The summed E-state index contributed by atoms with van der Waals surface area (Å²) in [6.45, 7) is 5.85. The number of likely N-dealkylation sites (tertiary alicyclic amines) is 1. The Kier molecular flexibility index (Phi) is 8.01. The third-order valence-corrected chi connectivity index (χ3v) is 9.42. The van der Waals surface area contributed by atoms with Gasteiger partial charge in [-0.15, -0.1) is 0 Å². The Hall–Kier alpha value is -2.79. The Bertz CT molecular complexity index is 1180. The van der Waals surface area contributed by atoms with Crippen molar-refractivity contribution in [2.75, 3.05) is 37.6 Å². The number of hydrogen-bond acceptors (Lipinski definition) is 4. The summed E-state index contributed by atoms with van der Waals surface area (Å²) in [6, 6.07) is 17.0. The number of furan rings is 1. The van der Waals surface area contributed by atoms with Crippen LogP contribution in [0, 0.1) is 5.92 Å². The minimum atomic E-state index is 0.0897. The number of rotatable bonds is 7. The zero-order chi connectivity index (χ0) is 25.7. The highest BCUT2D eigenvalue weighted by molar-refractivity contribution is 5.94. The standard InChI is InChI=1S/C33H43N3O2/c37-33(27-10-14-29(15-11-27)36-19-4-1-5-20-36)34-28-12-8-25(9-13-28)16-21-35-22-17-26(18-23-35)31-24-38-32-7-3-2-6-30(31)32/h2-3,6-7,10-11,14-15,24-26,28H,1,4-5,8-9,12-13,16-23H2,(H,34,37)/t25-,28-. The highest BCUT2D eigenvalue weighted by Gasteiger charge is 2.26. The summed E-state index contributed by atoms with van der Waals surface area (Å²) in [5, 5.41) is 4.62. The van der Waals surface area contributed by atoms with Crippen LogP contribution >= 0.6 is 0 Å². The molecular weight excluding hydrogens is 470 g/mol. The van der Waals surface area contributed by atoms with Gasteiger partial charge in [-0.05, 0) is 126 Å². The Morgan fingerprint density at radius 1 is 0.842 bits per heavy atom. The zero-order valence-electron chi connectivity index (χ0n) is 22.7. The molecule has 1 aliphatic carbocycles. The van der Waals surface area contributed by atoms with Crippen molar-refractivity contribution < 1.29 is 9.21 Å². The van der Waals surface area contributed by atoms with E-state index < -0.39 is 0 Å². The number of amides is 1. The van der Waals surface area contributed by atoms with E-state index in [1.165, 1.54) is 87.6 Å². The molecule has 2 aliphatic heterocycles. The molecule has 38 heavy (non-hydrogen) atoms. The van der Waals surface area contributed by atoms with E-state index in [-0.39, 0.29) is 5.91 Å². The Labute approximate surface area is 227 Å². The fourth-order valence-corrected chi connectivity index (χ4v) is 6.99. The fraction of sp³-hybridized carbons (Fsp3) is 0.545. The molecule has 0 unspecified atom stereocenters. The van der Waals surface area contributed by atoms with Gasteiger partial charge < -0.3 is 19.5 Å². The van der Waals surface area contributed by atoms with Crippen LogP contribution < -0.4 is 10.2 Å². The van der Waals surface area contributed by atoms with Crippen LogP contribution in [0.15, 0.2) is 59.2 Å². The number of hydrogen-bond donors (Lipinski definition) is 1. The highest BCUT2D eigenvalue weighted by atomic mass is 16.3. The molecule has 1 N–H and O–H groups in total. The first-order valence-corrected chi connectivity index (χ1v) is 15.1. The second-order valence-corrected chi connectivity index (χ2v) is 11.9. The van der Waals surface area contributed by atoms with Gasteiger partial charge in [0.15, 0.2) is 0 Å². The number of benzene rings is 2. The van der Waals surface area contributed by atoms with Crippen molar-refractivity contribution in [2.45, 2.75) is 76.2 Å². The lowest BCUT2D eigenvalue weighted by atomic mass is 9.83. The van der Waals surface area contributed by atoms with Gasteiger partial charge in [0, 0.05) is 41.3 Å². The fourth-order valence-electron chi connectivity index (χ4n) is 6.99. The summed E-state index contributed by atoms with van der Waals surface area (Å²) in [4.78, 5) is 18.0. The molecule has 2 saturated heterocycles. The van der Waals surface area contributed by atoms with E-state index in [2.05, 4.69) is 45.4 Å². The third-order valence-electron chi connectivity index (χ3n) is 9.42. The molecule has 3 fully saturated rings. The van der Waals surface area contributed by atoms with Crippen LogP contribution in [0.5, 0.6) is 0 Å². The number of carbonyl (C=O) groups is 1. The molecule has 5 heteroatoms. The monoisotopic (exact) mass is 513 g/mol. The minimum absolute atomic E-state index is 0.0897. The lowest BCUT2D eigenvalue weighted by molar-refractivity contribution is 0.0919. The predicted octanol–water partition coefficient (Wildman–Crippen LogP) is 6.98. The van der Waals surface area contributed by atoms with Crippen molar-refractivity contribution in [1.82, 2.24) is 10.2 Å².